The molecule has 0 radical (unpaired) electrons. The quantitative estimate of drug-likeness (QED) is 0.863. The van der Waals surface area contributed by atoms with Crippen LogP contribution in [-0.2, 0) is 11.2 Å². The van der Waals surface area contributed by atoms with Crippen LogP contribution in [0.4, 0.5) is 4.39 Å². The summed E-state index contributed by atoms with van der Waals surface area (Å²) in [6.07, 6.45) is 1.12. The Morgan fingerprint density at radius 1 is 1.60 bits per heavy atom. The van der Waals surface area contributed by atoms with Crippen molar-refractivity contribution in [1.82, 2.24) is 0 Å². The predicted molar refractivity (Wildman–Crippen MR) is 56.5 cm³/mol. The summed E-state index contributed by atoms with van der Waals surface area (Å²) in [5.41, 5.74) is 0.856. The third-order valence-corrected chi connectivity index (χ3v) is 2.56. The summed E-state index contributed by atoms with van der Waals surface area (Å²) in [6, 6.07) is 4.45. The van der Waals surface area contributed by atoms with Crippen LogP contribution in [0.1, 0.15) is 18.9 Å². The van der Waals surface area contributed by atoms with Crippen molar-refractivity contribution in [2.45, 2.75) is 19.8 Å². The minimum atomic E-state index is -0.816. The van der Waals surface area contributed by atoms with Crippen molar-refractivity contribution in [2.24, 2.45) is 5.92 Å². The molecule has 0 aliphatic rings. The van der Waals surface area contributed by atoms with E-state index in [-0.39, 0.29) is 5.02 Å². The molecule has 0 saturated heterocycles. The van der Waals surface area contributed by atoms with Crippen LogP contribution >= 0.6 is 11.6 Å². The van der Waals surface area contributed by atoms with E-state index in [0.717, 1.165) is 5.56 Å². The molecule has 0 heterocycles. The van der Waals surface area contributed by atoms with Gasteiger partial charge in [0.1, 0.15) is 5.82 Å². The highest BCUT2D eigenvalue weighted by molar-refractivity contribution is 6.30. The van der Waals surface area contributed by atoms with Crippen LogP contribution < -0.4 is 0 Å². The molecular formula is C11H12ClFO2. The SMILES string of the molecule is CC(CCc1ccc(F)c(Cl)c1)C(=O)O. The van der Waals surface area contributed by atoms with Crippen molar-refractivity contribution >= 4 is 17.6 Å². The first kappa shape index (κ1) is 12.0. The standard InChI is InChI=1S/C11H12ClFO2/c1-7(11(14)15)2-3-8-4-5-10(13)9(12)6-8/h4-7H,2-3H2,1H3,(H,14,15). The highest BCUT2D eigenvalue weighted by Gasteiger charge is 2.10. The number of carboxylic acids is 1. The second-order valence-electron chi connectivity index (χ2n) is 3.53. The van der Waals surface area contributed by atoms with Crippen LogP contribution in [0.5, 0.6) is 0 Å². The number of rotatable bonds is 4. The zero-order valence-electron chi connectivity index (χ0n) is 8.34. The van der Waals surface area contributed by atoms with Crippen LogP contribution in [0.25, 0.3) is 0 Å². The Kier molecular flexibility index (Phi) is 4.09. The van der Waals surface area contributed by atoms with Gasteiger partial charge >= 0.3 is 5.97 Å². The van der Waals surface area contributed by atoms with Crippen LogP contribution in [-0.4, -0.2) is 11.1 Å². The van der Waals surface area contributed by atoms with Crippen LogP contribution in [0.2, 0.25) is 5.02 Å². The van der Waals surface area contributed by atoms with Gasteiger partial charge in [0.05, 0.1) is 10.9 Å². The Morgan fingerprint density at radius 3 is 2.80 bits per heavy atom. The molecule has 0 aliphatic carbocycles. The maximum absolute atomic E-state index is 12.8. The molecule has 1 aromatic carbocycles. The first-order chi connectivity index (χ1) is 7.00. The molecule has 0 aromatic heterocycles. The molecule has 0 spiro atoms. The summed E-state index contributed by atoms with van der Waals surface area (Å²) < 4.78 is 12.8. The number of carbonyl (C=O) groups is 1. The number of benzene rings is 1. The number of aliphatic carboxylic acids is 1. The summed E-state index contributed by atoms with van der Waals surface area (Å²) in [6.45, 7) is 1.65. The number of halogens is 2. The maximum Gasteiger partial charge on any atom is 0.306 e. The van der Waals surface area contributed by atoms with E-state index in [1.54, 1.807) is 13.0 Å². The zero-order valence-corrected chi connectivity index (χ0v) is 9.09. The second kappa shape index (κ2) is 5.12. The fraction of sp³-hybridized carbons (Fsp3) is 0.364. The molecule has 1 rings (SSSR count). The van der Waals surface area contributed by atoms with Crippen LogP contribution in [0, 0.1) is 11.7 Å². The Balaban J connectivity index is 2.58. The molecule has 4 heteroatoms. The largest absolute Gasteiger partial charge is 0.481 e. The van der Waals surface area contributed by atoms with Gasteiger partial charge in [-0.3, -0.25) is 4.79 Å². The van der Waals surface area contributed by atoms with E-state index in [1.807, 2.05) is 0 Å². The molecule has 0 bridgehead atoms. The third kappa shape index (κ3) is 3.51. The van der Waals surface area contributed by atoms with Gasteiger partial charge in [0, 0.05) is 0 Å². The summed E-state index contributed by atoms with van der Waals surface area (Å²) in [5, 5.41) is 8.75. The highest BCUT2D eigenvalue weighted by atomic mass is 35.5. The van der Waals surface area contributed by atoms with E-state index in [4.69, 9.17) is 16.7 Å². The lowest BCUT2D eigenvalue weighted by Crippen LogP contribution is -2.10. The number of hydrogen-bond acceptors (Lipinski definition) is 1. The van der Waals surface area contributed by atoms with Crippen LogP contribution in [0.3, 0.4) is 0 Å². The molecule has 15 heavy (non-hydrogen) atoms. The molecule has 0 aliphatic heterocycles. The molecule has 1 N–H and O–H groups in total. The first-order valence-electron chi connectivity index (χ1n) is 4.67. The molecule has 1 unspecified atom stereocenters. The van der Waals surface area contributed by atoms with Gasteiger partial charge in [-0.2, -0.15) is 0 Å². The zero-order chi connectivity index (χ0) is 11.4. The lowest BCUT2D eigenvalue weighted by molar-refractivity contribution is -0.141. The lowest BCUT2D eigenvalue weighted by Gasteiger charge is -2.06. The molecular weight excluding hydrogens is 219 g/mol. The number of aryl methyl sites for hydroxylation is 1. The maximum atomic E-state index is 12.8. The molecule has 82 valence electrons. The van der Waals surface area contributed by atoms with E-state index < -0.39 is 17.7 Å². The topological polar surface area (TPSA) is 37.3 Å². The highest BCUT2D eigenvalue weighted by Crippen LogP contribution is 2.18. The molecule has 0 amide bonds. The molecule has 0 fully saturated rings. The van der Waals surface area contributed by atoms with E-state index in [2.05, 4.69) is 0 Å². The van der Waals surface area contributed by atoms with E-state index in [1.165, 1.54) is 12.1 Å². The minimum absolute atomic E-state index is 0.0791. The summed E-state index contributed by atoms with van der Waals surface area (Å²) in [4.78, 5) is 10.6. The van der Waals surface area contributed by atoms with Crippen molar-refractivity contribution in [3.05, 3.63) is 34.6 Å². The summed E-state index contributed by atoms with van der Waals surface area (Å²) in [7, 11) is 0. The second-order valence-corrected chi connectivity index (χ2v) is 3.93. The van der Waals surface area contributed by atoms with Crippen molar-refractivity contribution in [1.29, 1.82) is 0 Å². The Bertz CT molecular complexity index is 366. The van der Waals surface area contributed by atoms with Crippen molar-refractivity contribution in [3.8, 4) is 0 Å². The molecule has 1 aromatic rings. The fourth-order valence-electron chi connectivity index (χ4n) is 1.20. The lowest BCUT2D eigenvalue weighted by atomic mass is 10.0. The smallest absolute Gasteiger partial charge is 0.306 e. The number of carboxylic acid groups (broad SMARTS) is 1. The van der Waals surface area contributed by atoms with E-state index in [0.29, 0.717) is 12.8 Å². The Morgan fingerprint density at radius 2 is 2.27 bits per heavy atom. The van der Waals surface area contributed by atoms with Gasteiger partial charge in [-0.1, -0.05) is 24.6 Å². The molecule has 2 nitrogen and oxygen atoms in total. The Labute approximate surface area is 92.7 Å². The van der Waals surface area contributed by atoms with E-state index in [9.17, 15) is 9.18 Å². The summed E-state index contributed by atoms with van der Waals surface area (Å²) >= 11 is 5.60. The molecule has 0 saturated carbocycles. The van der Waals surface area contributed by atoms with Gasteiger partial charge in [-0.15, -0.1) is 0 Å². The first-order valence-corrected chi connectivity index (χ1v) is 5.05. The minimum Gasteiger partial charge on any atom is -0.481 e. The van der Waals surface area contributed by atoms with Crippen molar-refractivity contribution < 1.29 is 14.3 Å². The molecule has 1 atom stereocenters. The Hall–Kier alpha value is -1.09. The van der Waals surface area contributed by atoms with Gasteiger partial charge in [0.15, 0.2) is 0 Å². The predicted octanol–water partition coefficient (Wildman–Crippen LogP) is 3.13. The van der Waals surface area contributed by atoms with Gasteiger partial charge in [-0.05, 0) is 30.5 Å². The normalized spacial score (nSPS) is 12.5. The third-order valence-electron chi connectivity index (χ3n) is 2.27. The van der Waals surface area contributed by atoms with Gasteiger partial charge in [0.25, 0.3) is 0 Å². The van der Waals surface area contributed by atoms with Crippen molar-refractivity contribution in [3.63, 3.8) is 0 Å². The van der Waals surface area contributed by atoms with Crippen molar-refractivity contribution in [2.75, 3.05) is 0 Å². The summed E-state index contributed by atoms with van der Waals surface area (Å²) in [5.74, 6) is -1.66. The number of hydrogen-bond donors (Lipinski definition) is 1. The van der Waals surface area contributed by atoms with Gasteiger partial charge < -0.3 is 5.11 Å². The van der Waals surface area contributed by atoms with E-state index >= 15 is 0 Å². The average molecular weight is 231 g/mol. The van der Waals surface area contributed by atoms with Gasteiger partial charge in [0.2, 0.25) is 0 Å². The van der Waals surface area contributed by atoms with Crippen LogP contribution in [0.15, 0.2) is 18.2 Å². The van der Waals surface area contributed by atoms with Gasteiger partial charge in [-0.25, -0.2) is 4.39 Å². The fourth-order valence-corrected chi connectivity index (χ4v) is 1.40. The monoisotopic (exact) mass is 230 g/mol. The average Bonchev–Trinajstić information content (AvgIpc) is 2.19.